The third-order valence-corrected chi connectivity index (χ3v) is 4.02. The molecular weight excluding hydrogens is 370 g/mol. The van der Waals surface area contributed by atoms with Crippen LogP contribution in [0.5, 0.6) is 0 Å². The standard InChI is InChI=1S/C16H20BrN3O2.C2H6/c1-16(2,3)22-15(21)18-7-12-9-20-8-11(10-4-5-10)6-13(17)14(20)19-12;1-2/h6,8-10H,4-5,7H2,1-3H3,(H,18,21);1-2H3. The maximum atomic E-state index is 11.7. The van der Waals surface area contributed by atoms with Crippen molar-refractivity contribution in [2.75, 3.05) is 0 Å². The van der Waals surface area contributed by atoms with Gasteiger partial charge in [-0.15, -0.1) is 0 Å². The molecule has 0 spiro atoms. The number of nitrogens with one attached hydrogen (secondary N) is 1. The average Bonchev–Trinajstić information content (AvgIpc) is 3.26. The van der Waals surface area contributed by atoms with Crippen molar-refractivity contribution in [2.24, 2.45) is 0 Å². The van der Waals surface area contributed by atoms with E-state index < -0.39 is 11.7 Å². The van der Waals surface area contributed by atoms with Crippen LogP contribution in [0.4, 0.5) is 4.79 Å². The highest BCUT2D eigenvalue weighted by molar-refractivity contribution is 9.10. The monoisotopic (exact) mass is 395 g/mol. The molecule has 0 atom stereocenters. The van der Waals surface area contributed by atoms with Crippen molar-refractivity contribution in [1.82, 2.24) is 14.7 Å². The molecule has 2 heterocycles. The zero-order valence-electron chi connectivity index (χ0n) is 15.0. The van der Waals surface area contributed by atoms with Crippen molar-refractivity contribution in [3.63, 3.8) is 0 Å². The maximum absolute atomic E-state index is 11.7. The van der Waals surface area contributed by atoms with E-state index in [1.807, 2.05) is 45.2 Å². The molecule has 0 radical (unpaired) electrons. The number of alkyl carbamates (subject to hydrolysis) is 1. The van der Waals surface area contributed by atoms with E-state index in [0.717, 1.165) is 15.8 Å². The second-order valence-electron chi connectivity index (χ2n) is 6.71. The van der Waals surface area contributed by atoms with Gasteiger partial charge in [0.05, 0.1) is 16.7 Å². The van der Waals surface area contributed by atoms with Crippen LogP contribution >= 0.6 is 15.9 Å². The summed E-state index contributed by atoms with van der Waals surface area (Å²) in [6.45, 7) is 9.87. The van der Waals surface area contributed by atoms with Gasteiger partial charge in [0.2, 0.25) is 0 Å². The Labute approximate surface area is 151 Å². The second kappa shape index (κ2) is 7.55. The van der Waals surface area contributed by atoms with Gasteiger partial charge in [-0.05, 0) is 67.1 Å². The average molecular weight is 396 g/mol. The molecule has 24 heavy (non-hydrogen) atoms. The Morgan fingerprint density at radius 3 is 2.62 bits per heavy atom. The number of carbonyl (C=O) groups is 1. The van der Waals surface area contributed by atoms with Crippen LogP contribution in [0, 0.1) is 0 Å². The van der Waals surface area contributed by atoms with Gasteiger partial charge in [0, 0.05) is 12.4 Å². The lowest BCUT2D eigenvalue weighted by Gasteiger charge is -2.19. The van der Waals surface area contributed by atoms with Crippen LogP contribution in [-0.2, 0) is 11.3 Å². The van der Waals surface area contributed by atoms with Crippen LogP contribution < -0.4 is 5.32 Å². The van der Waals surface area contributed by atoms with Crippen molar-refractivity contribution < 1.29 is 9.53 Å². The van der Waals surface area contributed by atoms with Gasteiger partial charge >= 0.3 is 6.09 Å². The predicted octanol–water partition coefficient (Wildman–Crippen LogP) is 5.03. The second-order valence-corrected chi connectivity index (χ2v) is 7.57. The van der Waals surface area contributed by atoms with Crippen LogP contribution in [0.1, 0.15) is 64.6 Å². The van der Waals surface area contributed by atoms with Gasteiger partial charge in [-0.25, -0.2) is 9.78 Å². The van der Waals surface area contributed by atoms with E-state index in [1.165, 1.54) is 18.4 Å². The molecule has 0 aliphatic heterocycles. The molecule has 1 aliphatic carbocycles. The van der Waals surface area contributed by atoms with E-state index in [0.29, 0.717) is 12.5 Å². The lowest BCUT2D eigenvalue weighted by molar-refractivity contribution is 0.0523. The molecule has 0 saturated heterocycles. The first kappa shape index (κ1) is 18.8. The number of amides is 1. The molecule has 1 fully saturated rings. The van der Waals surface area contributed by atoms with Gasteiger partial charge in [-0.3, -0.25) is 0 Å². The van der Waals surface area contributed by atoms with Gasteiger partial charge in [0.15, 0.2) is 5.65 Å². The number of hydrogen-bond donors (Lipinski definition) is 1. The number of pyridine rings is 1. The molecule has 0 aromatic carbocycles. The summed E-state index contributed by atoms with van der Waals surface area (Å²) in [4.78, 5) is 16.2. The van der Waals surface area contributed by atoms with E-state index in [1.54, 1.807) is 0 Å². The van der Waals surface area contributed by atoms with Gasteiger partial charge in [0.1, 0.15) is 5.60 Å². The van der Waals surface area contributed by atoms with E-state index in [4.69, 9.17) is 4.74 Å². The molecular formula is C18H26BrN3O2. The fraction of sp³-hybridized carbons (Fsp3) is 0.556. The smallest absolute Gasteiger partial charge is 0.407 e. The summed E-state index contributed by atoms with van der Waals surface area (Å²) in [6, 6.07) is 2.14. The molecule has 2 aromatic heterocycles. The Kier molecular flexibility index (Phi) is 5.91. The quantitative estimate of drug-likeness (QED) is 0.792. The number of nitrogens with zero attached hydrogens (tertiary/aromatic N) is 2. The largest absolute Gasteiger partial charge is 0.444 e. The molecule has 1 N–H and O–H groups in total. The number of imidazole rings is 1. The molecule has 0 bridgehead atoms. The highest BCUT2D eigenvalue weighted by Crippen LogP contribution is 2.41. The third-order valence-electron chi connectivity index (χ3n) is 3.44. The number of aromatic nitrogens is 2. The van der Waals surface area contributed by atoms with Crippen LogP contribution in [-0.4, -0.2) is 21.1 Å². The lowest BCUT2D eigenvalue weighted by atomic mass is 10.2. The minimum absolute atomic E-state index is 0.349. The predicted molar refractivity (Wildman–Crippen MR) is 99.3 cm³/mol. The number of fused-ring (bicyclic) bond motifs is 1. The van der Waals surface area contributed by atoms with Crippen LogP contribution in [0.3, 0.4) is 0 Å². The number of rotatable bonds is 3. The Balaban J connectivity index is 0.00000100. The molecule has 1 amide bonds. The number of halogens is 1. The van der Waals surface area contributed by atoms with E-state index in [-0.39, 0.29) is 0 Å². The summed E-state index contributed by atoms with van der Waals surface area (Å²) in [5, 5.41) is 2.73. The molecule has 0 unspecified atom stereocenters. The summed E-state index contributed by atoms with van der Waals surface area (Å²) in [7, 11) is 0. The van der Waals surface area contributed by atoms with Crippen molar-refractivity contribution >= 4 is 27.7 Å². The Morgan fingerprint density at radius 2 is 2.04 bits per heavy atom. The molecule has 132 valence electrons. The summed E-state index contributed by atoms with van der Waals surface area (Å²) < 4.78 is 8.23. The molecule has 1 saturated carbocycles. The van der Waals surface area contributed by atoms with Crippen LogP contribution in [0.25, 0.3) is 5.65 Å². The minimum atomic E-state index is -0.495. The number of hydrogen-bond acceptors (Lipinski definition) is 3. The highest BCUT2D eigenvalue weighted by Gasteiger charge is 2.24. The fourth-order valence-electron chi connectivity index (χ4n) is 2.33. The molecule has 1 aliphatic rings. The first-order valence-corrected chi connectivity index (χ1v) is 9.25. The highest BCUT2D eigenvalue weighted by atomic mass is 79.9. The summed E-state index contributed by atoms with van der Waals surface area (Å²) >= 11 is 3.58. The zero-order chi connectivity index (χ0) is 17.9. The SMILES string of the molecule is CC.CC(C)(C)OC(=O)NCc1cn2cc(C3CC3)cc(Br)c2n1. The van der Waals surface area contributed by atoms with Gasteiger partial charge < -0.3 is 14.5 Å². The lowest BCUT2D eigenvalue weighted by Crippen LogP contribution is -2.32. The third kappa shape index (κ3) is 4.97. The Morgan fingerprint density at radius 1 is 1.38 bits per heavy atom. The van der Waals surface area contributed by atoms with E-state index in [9.17, 15) is 4.79 Å². The maximum Gasteiger partial charge on any atom is 0.407 e. The topological polar surface area (TPSA) is 55.6 Å². The van der Waals surface area contributed by atoms with Crippen molar-refractivity contribution in [3.05, 3.63) is 34.2 Å². The first-order chi connectivity index (χ1) is 11.3. The van der Waals surface area contributed by atoms with Gasteiger partial charge in [-0.2, -0.15) is 0 Å². The minimum Gasteiger partial charge on any atom is -0.444 e. The number of carbonyl (C=O) groups excluding carboxylic acids is 1. The zero-order valence-corrected chi connectivity index (χ0v) is 16.6. The summed E-state index contributed by atoms with van der Waals surface area (Å²) in [6.07, 6.45) is 6.17. The van der Waals surface area contributed by atoms with Crippen molar-refractivity contribution in [3.8, 4) is 0 Å². The normalized spacial score (nSPS) is 14.1. The summed E-state index contributed by atoms with van der Waals surface area (Å²) in [5.41, 5.74) is 2.51. The van der Waals surface area contributed by atoms with Crippen LogP contribution in [0.15, 0.2) is 22.9 Å². The molecule has 5 nitrogen and oxygen atoms in total. The van der Waals surface area contributed by atoms with Crippen molar-refractivity contribution in [1.29, 1.82) is 0 Å². The van der Waals surface area contributed by atoms with Crippen LogP contribution in [0.2, 0.25) is 0 Å². The van der Waals surface area contributed by atoms with Gasteiger partial charge in [-0.1, -0.05) is 13.8 Å². The molecule has 6 heteroatoms. The first-order valence-electron chi connectivity index (χ1n) is 8.46. The fourth-order valence-corrected chi connectivity index (χ4v) is 2.89. The van der Waals surface area contributed by atoms with E-state index >= 15 is 0 Å². The van der Waals surface area contributed by atoms with Crippen molar-refractivity contribution in [2.45, 2.75) is 65.5 Å². The molecule has 3 rings (SSSR count). The summed E-state index contributed by atoms with van der Waals surface area (Å²) in [5.74, 6) is 0.687. The Hall–Kier alpha value is -1.56. The van der Waals surface area contributed by atoms with E-state index in [2.05, 4.69) is 38.5 Å². The van der Waals surface area contributed by atoms with Gasteiger partial charge in [0.25, 0.3) is 0 Å². The molecule has 2 aromatic rings. The number of ether oxygens (including phenoxy) is 1. The Bertz CT molecular complexity index is 715.